The molecule has 0 unspecified atom stereocenters. The Morgan fingerprint density at radius 1 is 1.15 bits per heavy atom. The summed E-state index contributed by atoms with van der Waals surface area (Å²) in [5.74, 6) is 6.18. The standard InChI is InChI=1S/C20H17ClN2O3S/c1-15-18(21)7-4-8-20(15)27(24,25)23-12-2-3-13-26-17-10-9-16-6-5-11-22-19(16)14-17/h4-11,14,23H,12-13H2,1H3. The molecule has 138 valence electrons. The third-order valence-corrected chi connectivity index (χ3v) is 5.83. The smallest absolute Gasteiger partial charge is 0.241 e. The van der Waals surface area contributed by atoms with E-state index in [9.17, 15) is 8.42 Å². The summed E-state index contributed by atoms with van der Waals surface area (Å²) < 4.78 is 32.6. The molecule has 0 saturated heterocycles. The maximum absolute atomic E-state index is 12.3. The minimum Gasteiger partial charge on any atom is -0.481 e. The largest absolute Gasteiger partial charge is 0.481 e. The molecule has 2 aromatic carbocycles. The van der Waals surface area contributed by atoms with E-state index < -0.39 is 10.0 Å². The van der Waals surface area contributed by atoms with Crippen LogP contribution in [-0.2, 0) is 10.0 Å². The fourth-order valence-corrected chi connectivity index (χ4v) is 3.88. The molecule has 0 bridgehead atoms. The van der Waals surface area contributed by atoms with Crippen molar-refractivity contribution < 1.29 is 13.2 Å². The Hall–Kier alpha value is -2.59. The van der Waals surface area contributed by atoms with Gasteiger partial charge in [-0.05, 0) is 42.8 Å². The van der Waals surface area contributed by atoms with Crippen molar-refractivity contribution in [1.82, 2.24) is 9.71 Å². The number of aromatic nitrogens is 1. The third kappa shape index (κ3) is 4.77. The van der Waals surface area contributed by atoms with Gasteiger partial charge in [0.15, 0.2) is 0 Å². The van der Waals surface area contributed by atoms with Crippen molar-refractivity contribution in [3.05, 3.63) is 65.3 Å². The first-order valence-corrected chi connectivity index (χ1v) is 10.0. The Bertz CT molecular complexity index is 1130. The molecule has 1 N–H and O–H groups in total. The predicted octanol–water partition coefficient (Wildman–Crippen LogP) is 3.56. The lowest BCUT2D eigenvalue weighted by atomic mass is 10.2. The van der Waals surface area contributed by atoms with E-state index in [0.717, 1.165) is 10.9 Å². The monoisotopic (exact) mass is 400 g/mol. The van der Waals surface area contributed by atoms with E-state index in [1.54, 1.807) is 25.3 Å². The van der Waals surface area contributed by atoms with Crippen LogP contribution in [0.5, 0.6) is 5.75 Å². The highest BCUT2D eigenvalue weighted by molar-refractivity contribution is 7.89. The highest BCUT2D eigenvalue weighted by Crippen LogP contribution is 2.22. The van der Waals surface area contributed by atoms with Crippen LogP contribution in [0.2, 0.25) is 5.02 Å². The zero-order valence-corrected chi connectivity index (χ0v) is 16.1. The molecule has 5 nitrogen and oxygen atoms in total. The van der Waals surface area contributed by atoms with Gasteiger partial charge in [-0.2, -0.15) is 4.72 Å². The minimum atomic E-state index is -3.66. The maximum Gasteiger partial charge on any atom is 0.241 e. The maximum atomic E-state index is 12.3. The zero-order valence-electron chi connectivity index (χ0n) is 14.6. The van der Waals surface area contributed by atoms with Gasteiger partial charge in [0.1, 0.15) is 12.4 Å². The molecule has 1 aromatic heterocycles. The van der Waals surface area contributed by atoms with Gasteiger partial charge in [-0.25, -0.2) is 8.42 Å². The molecule has 3 rings (SSSR count). The molecule has 0 aliphatic heterocycles. The second-order valence-corrected chi connectivity index (χ2v) is 7.83. The minimum absolute atomic E-state index is 0.0169. The van der Waals surface area contributed by atoms with E-state index in [0.29, 0.717) is 16.3 Å². The Balaban J connectivity index is 1.55. The summed E-state index contributed by atoms with van der Waals surface area (Å²) in [5.41, 5.74) is 1.35. The molecule has 0 fully saturated rings. The number of rotatable bonds is 5. The van der Waals surface area contributed by atoms with Gasteiger partial charge < -0.3 is 4.74 Å². The molecule has 0 saturated carbocycles. The van der Waals surface area contributed by atoms with Crippen molar-refractivity contribution in [2.75, 3.05) is 13.2 Å². The summed E-state index contributed by atoms with van der Waals surface area (Å²) in [5, 5.41) is 1.43. The molecule has 27 heavy (non-hydrogen) atoms. The van der Waals surface area contributed by atoms with Crippen molar-refractivity contribution in [2.24, 2.45) is 0 Å². The number of hydrogen-bond acceptors (Lipinski definition) is 4. The van der Waals surface area contributed by atoms with Crippen LogP contribution in [0.1, 0.15) is 5.56 Å². The molecular formula is C20H17ClN2O3S. The van der Waals surface area contributed by atoms with E-state index in [1.165, 1.54) is 6.07 Å². The summed E-state index contributed by atoms with van der Waals surface area (Å²) in [7, 11) is -3.66. The Kier molecular flexibility index (Phi) is 5.97. The molecule has 0 aliphatic rings. The zero-order chi connectivity index (χ0) is 19.3. The van der Waals surface area contributed by atoms with Crippen molar-refractivity contribution in [2.45, 2.75) is 11.8 Å². The van der Waals surface area contributed by atoms with E-state index in [2.05, 4.69) is 21.5 Å². The fourth-order valence-electron chi connectivity index (χ4n) is 2.46. The predicted molar refractivity (Wildman–Crippen MR) is 106 cm³/mol. The van der Waals surface area contributed by atoms with E-state index >= 15 is 0 Å². The number of pyridine rings is 1. The summed E-state index contributed by atoms with van der Waals surface area (Å²) in [6.07, 6.45) is 1.72. The highest BCUT2D eigenvalue weighted by Gasteiger charge is 2.16. The molecule has 0 aliphatic carbocycles. The summed E-state index contributed by atoms with van der Waals surface area (Å²) in [4.78, 5) is 4.42. The quantitative estimate of drug-likeness (QED) is 0.665. The van der Waals surface area contributed by atoms with Crippen molar-refractivity contribution >= 4 is 32.5 Å². The summed E-state index contributed by atoms with van der Waals surface area (Å²) in [6, 6.07) is 14.2. The van der Waals surface area contributed by atoms with Gasteiger partial charge in [0, 0.05) is 22.7 Å². The first-order valence-electron chi connectivity index (χ1n) is 8.15. The average Bonchev–Trinajstić information content (AvgIpc) is 2.66. The van der Waals surface area contributed by atoms with Crippen LogP contribution < -0.4 is 9.46 Å². The van der Waals surface area contributed by atoms with E-state index in [1.807, 2.05) is 30.3 Å². The number of hydrogen-bond donors (Lipinski definition) is 1. The van der Waals surface area contributed by atoms with Crippen molar-refractivity contribution in [1.29, 1.82) is 0 Å². The van der Waals surface area contributed by atoms with Gasteiger partial charge in [-0.1, -0.05) is 35.6 Å². The molecule has 0 amide bonds. The Labute approximate surface area is 163 Å². The first-order chi connectivity index (χ1) is 13.0. The van der Waals surface area contributed by atoms with Gasteiger partial charge in [0.05, 0.1) is 17.0 Å². The number of sulfonamides is 1. The van der Waals surface area contributed by atoms with Gasteiger partial charge in [0.2, 0.25) is 10.0 Å². The third-order valence-electron chi connectivity index (χ3n) is 3.87. The molecule has 0 radical (unpaired) electrons. The van der Waals surface area contributed by atoms with E-state index in [-0.39, 0.29) is 18.0 Å². The van der Waals surface area contributed by atoms with Crippen LogP contribution in [-0.4, -0.2) is 26.6 Å². The normalized spacial score (nSPS) is 11.0. The SMILES string of the molecule is Cc1c(Cl)cccc1S(=O)(=O)NCC#CCOc1ccc2cccnc2c1. The number of nitrogens with one attached hydrogen (secondary N) is 1. The van der Waals surface area contributed by atoms with Gasteiger partial charge in [0.25, 0.3) is 0 Å². The number of ether oxygens (including phenoxy) is 1. The van der Waals surface area contributed by atoms with Crippen LogP contribution in [0.3, 0.4) is 0 Å². The van der Waals surface area contributed by atoms with Crippen LogP contribution in [0.15, 0.2) is 59.6 Å². The lowest BCUT2D eigenvalue weighted by Crippen LogP contribution is -2.24. The molecule has 0 atom stereocenters. The first kappa shape index (κ1) is 19.2. The van der Waals surface area contributed by atoms with Crippen LogP contribution in [0.25, 0.3) is 10.9 Å². The topological polar surface area (TPSA) is 68.3 Å². The molecule has 0 spiro atoms. The van der Waals surface area contributed by atoms with Crippen LogP contribution in [0.4, 0.5) is 0 Å². The average molecular weight is 401 g/mol. The van der Waals surface area contributed by atoms with Gasteiger partial charge in [-0.15, -0.1) is 0 Å². The molecule has 7 heteroatoms. The lowest BCUT2D eigenvalue weighted by molar-refractivity contribution is 0.370. The summed E-state index contributed by atoms with van der Waals surface area (Å²) in [6.45, 7) is 1.79. The van der Waals surface area contributed by atoms with Gasteiger partial charge in [-0.3, -0.25) is 4.98 Å². The molecule has 3 aromatic rings. The van der Waals surface area contributed by atoms with Crippen LogP contribution >= 0.6 is 11.6 Å². The molecule has 1 heterocycles. The molecular weight excluding hydrogens is 384 g/mol. The summed E-state index contributed by atoms with van der Waals surface area (Å²) >= 11 is 5.98. The van der Waals surface area contributed by atoms with Crippen LogP contribution in [0, 0.1) is 18.8 Å². The Morgan fingerprint density at radius 2 is 2.00 bits per heavy atom. The Morgan fingerprint density at radius 3 is 2.85 bits per heavy atom. The number of fused-ring (bicyclic) bond motifs is 1. The number of nitrogens with zero attached hydrogens (tertiary/aromatic N) is 1. The lowest BCUT2D eigenvalue weighted by Gasteiger charge is -2.08. The van der Waals surface area contributed by atoms with Crippen molar-refractivity contribution in [3.8, 4) is 17.6 Å². The van der Waals surface area contributed by atoms with Crippen molar-refractivity contribution in [3.63, 3.8) is 0 Å². The number of benzene rings is 2. The second-order valence-electron chi connectivity index (χ2n) is 5.69. The second kappa shape index (κ2) is 8.40. The number of halogens is 1. The highest BCUT2D eigenvalue weighted by atomic mass is 35.5. The fraction of sp³-hybridized carbons (Fsp3) is 0.150. The van der Waals surface area contributed by atoms with Gasteiger partial charge >= 0.3 is 0 Å². The van der Waals surface area contributed by atoms with E-state index in [4.69, 9.17) is 16.3 Å².